The molecule has 1 atom stereocenters. The molecule has 2 aliphatic rings. The Labute approximate surface area is 145 Å². The highest BCUT2D eigenvalue weighted by Gasteiger charge is 2.36. The normalized spacial score (nSPS) is 24.7. The van der Waals surface area contributed by atoms with Crippen LogP contribution in [0.25, 0.3) is 0 Å². The van der Waals surface area contributed by atoms with Crippen molar-refractivity contribution in [2.24, 2.45) is 0 Å². The number of alkyl halides is 3. The third kappa shape index (κ3) is 3.99. The number of likely N-dealkylation sites (tertiary alicyclic amines) is 1. The van der Waals surface area contributed by atoms with E-state index in [2.05, 4.69) is 4.90 Å². The molecule has 0 bridgehead atoms. The van der Waals surface area contributed by atoms with Gasteiger partial charge in [0.1, 0.15) is 0 Å². The lowest BCUT2D eigenvalue weighted by Gasteiger charge is -2.36. The van der Waals surface area contributed by atoms with Gasteiger partial charge in [0.25, 0.3) is 0 Å². The largest absolute Gasteiger partial charge is 0.416 e. The molecule has 0 saturated carbocycles. The number of halogens is 3. The summed E-state index contributed by atoms with van der Waals surface area (Å²) >= 11 is 0. The molecular weight excluding hydrogens is 357 g/mol. The second kappa shape index (κ2) is 6.86. The predicted octanol–water partition coefficient (Wildman–Crippen LogP) is 1.93. The Morgan fingerprint density at radius 2 is 1.76 bits per heavy atom. The molecule has 2 saturated heterocycles. The number of nitrogens with zero attached hydrogens (tertiary/aromatic N) is 2. The van der Waals surface area contributed by atoms with E-state index in [1.165, 1.54) is 10.4 Å². The van der Waals surface area contributed by atoms with Gasteiger partial charge < -0.3 is 5.11 Å². The predicted molar refractivity (Wildman–Crippen MR) is 85.4 cm³/mol. The Morgan fingerprint density at radius 3 is 2.32 bits per heavy atom. The van der Waals surface area contributed by atoms with Crippen LogP contribution in [0.3, 0.4) is 0 Å². The smallest absolute Gasteiger partial charge is 0.392 e. The van der Waals surface area contributed by atoms with E-state index in [-0.39, 0.29) is 30.1 Å². The van der Waals surface area contributed by atoms with Crippen LogP contribution in [0.4, 0.5) is 13.2 Å². The van der Waals surface area contributed by atoms with Gasteiger partial charge in [-0.15, -0.1) is 0 Å². The molecule has 0 radical (unpaired) electrons. The summed E-state index contributed by atoms with van der Waals surface area (Å²) in [5, 5.41) is 9.61. The van der Waals surface area contributed by atoms with Crippen molar-refractivity contribution in [2.75, 3.05) is 26.2 Å². The number of aliphatic hydroxyl groups excluding tert-OH is 1. The highest BCUT2D eigenvalue weighted by atomic mass is 32.2. The molecule has 0 amide bonds. The summed E-state index contributed by atoms with van der Waals surface area (Å²) in [5.41, 5.74) is -0.963. The summed E-state index contributed by atoms with van der Waals surface area (Å²) in [6, 6.07) is 4.09. The van der Waals surface area contributed by atoms with Gasteiger partial charge in [-0.2, -0.15) is 17.5 Å². The SMILES string of the molecule is O=S(=O)(c1cccc(C(F)(F)F)c1)N1CCC(N2CCC(O)C2)CC1. The monoisotopic (exact) mass is 378 g/mol. The Hall–Kier alpha value is -1.16. The summed E-state index contributed by atoms with van der Waals surface area (Å²) in [4.78, 5) is 1.84. The van der Waals surface area contributed by atoms with Crippen molar-refractivity contribution < 1.29 is 26.7 Å². The summed E-state index contributed by atoms with van der Waals surface area (Å²) in [6.45, 7) is 1.95. The van der Waals surface area contributed by atoms with Crippen LogP contribution >= 0.6 is 0 Å². The maximum atomic E-state index is 12.8. The second-order valence-corrected chi connectivity index (χ2v) is 8.54. The maximum absolute atomic E-state index is 12.8. The van der Waals surface area contributed by atoms with Crippen LogP contribution in [0.5, 0.6) is 0 Å². The molecule has 1 unspecified atom stereocenters. The molecule has 2 fully saturated rings. The van der Waals surface area contributed by atoms with Gasteiger partial charge in [-0.05, 0) is 37.5 Å². The summed E-state index contributed by atoms with van der Waals surface area (Å²) in [5.74, 6) is 0. The lowest BCUT2D eigenvalue weighted by molar-refractivity contribution is -0.137. The van der Waals surface area contributed by atoms with Gasteiger partial charge in [-0.3, -0.25) is 4.90 Å². The van der Waals surface area contributed by atoms with Crippen LogP contribution in [0.15, 0.2) is 29.2 Å². The number of rotatable bonds is 3. The van der Waals surface area contributed by atoms with Crippen molar-refractivity contribution in [3.63, 3.8) is 0 Å². The van der Waals surface area contributed by atoms with E-state index in [1.807, 2.05) is 0 Å². The van der Waals surface area contributed by atoms with Crippen LogP contribution in [0, 0.1) is 0 Å². The minimum atomic E-state index is -4.57. The van der Waals surface area contributed by atoms with Crippen LogP contribution in [-0.4, -0.2) is 61.1 Å². The fourth-order valence-corrected chi connectivity index (χ4v) is 5.05. The topological polar surface area (TPSA) is 60.9 Å². The Kier molecular flexibility index (Phi) is 5.11. The van der Waals surface area contributed by atoms with E-state index in [1.54, 1.807) is 0 Å². The first-order valence-corrected chi connectivity index (χ1v) is 9.71. The van der Waals surface area contributed by atoms with Crippen molar-refractivity contribution in [3.05, 3.63) is 29.8 Å². The molecule has 5 nitrogen and oxygen atoms in total. The molecule has 1 aromatic carbocycles. The van der Waals surface area contributed by atoms with Crippen molar-refractivity contribution in [3.8, 4) is 0 Å². The third-order valence-electron chi connectivity index (χ3n) is 4.93. The maximum Gasteiger partial charge on any atom is 0.416 e. The van der Waals surface area contributed by atoms with E-state index < -0.39 is 21.8 Å². The van der Waals surface area contributed by atoms with Gasteiger partial charge in [0.05, 0.1) is 16.6 Å². The van der Waals surface area contributed by atoms with Crippen molar-refractivity contribution in [1.29, 1.82) is 0 Å². The van der Waals surface area contributed by atoms with Crippen LogP contribution < -0.4 is 0 Å². The molecule has 2 aliphatic heterocycles. The van der Waals surface area contributed by atoms with Crippen LogP contribution in [-0.2, 0) is 16.2 Å². The fraction of sp³-hybridized carbons (Fsp3) is 0.625. The number of sulfonamides is 1. The van der Waals surface area contributed by atoms with E-state index in [9.17, 15) is 26.7 Å². The average Bonchev–Trinajstić information content (AvgIpc) is 3.01. The molecule has 1 N–H and O–H groups in total. The van der Waals surface area contributed by atoms with Crippen LogP contribution in [0.1, 0.15) is 24.8 Å². The number of aliphatic hydroxyl groups is 1. The number of hydrogen-bond acceptors (Lipinski definition) is 4. The lowest BCUT2D eigenvalue weighted by Crippen LogP contribution is -2.46. The summed E-state index contributed by atoms with van der Waals surface area (Å²) in [6.07, 6.45) is -2.94. The van der Waals surface area contributed by atoms with Gasteiger partial charge in [-0.1, -0.05) is 6.07 Å². The molecule has 2 heterocycles. The molecule has 0 spiro atoms. The molecule has 0 aliphatic carbocycles. The van der Waals surface area contributed by atoms with E-state index in [0.717, 1.165) is 25.1 Å². The lowest BCUT2D eigenvalue weighted by atomic mass is 10.1. The average molecular weight is 378 g/mol. The Morgan fingerprint density at radius 1 is 1.08 bits per heavy atom. The molecule has 140 valence electrons. The fourth-order valence-electron chi connectivity index (χ4n) is 3.53. The zero-order valence-corrected chi connectivity index (χ0v) is 14.4. The quantitative estimate of drug-likeness (QED) is 0.873. The summed E-state index contributed by atoms with van der Waals surface area (Å²) in [7, 11) is -3.94. The number of piperidine rings is 1. The zero-order chi connectivity index (χ0) is 18.2. The van der Waals surface area contributed by atoms with Gasteiger partial charge in [-0.25, -0.2) is 8.42 Å². The van der Waals surface area contributed by atoms with E-state index >= 15 is 0 Å². The standard InChI is InChI=1S/C16H21F3N2O3S/c17-16(18,19)12-2-1-3-15(10-12)25(23,24)21-8-4-13(5-9-21)20-7-6-14(22)11-20/h1-3,10,13-14,22H,4-9,11H2. The Bertz CT molecular complexity index is 716. The van der Waals surface area contributed by atoms with Crippen molar-refractivity contribution in [2.45, 2.75) is 42.5 Å². The van der Waals surface area contributed by atoms with E-state index in [0.29, 0.717) is 25.5 Å². The molecule has 1 aromatic rings. The molecule has 3 rings (SSSR count). The first-order chi connectivity index (χ1) is 11.7. The minimum absolute atomic E-state index is 0.213. The molecule has 0 aromatic heterocycles. The van der Waals surface area contributed by atoms with Gasteiger partial charge >= 0.3 is 6.18 Å². The Balaban J connectivity index is 1.70. The number of benzene rings is 1. The van der Waals surface area contributed by atoms with Crippen molar-refractivity contribution in [1.82, 2.24) is 9.21 Å². The highest BCUT2D eigenvalue weighted by Crippen LogP contribution is 2.32. The van der Waals surface area contributed by atoms with Crippen molar-refractivity contribution >= 4 is 10.0 Å². The van der Waals surface area contributed by atoms with Gasteiger partial charge in [0, 0.05) is 32.2 Å². The zero-order valence-electron chi connectivity index (χ0n) is 13.6. The second-order valence-electron chi connectivity index (χ2n) is 6.60. The summed E-state index contributed by atoms with van der Waals surface area (Å²) < 4.78 is 65.0. The number of hydrogen-bond donors (Lipinski definition) is 1. The van der Waals surface area contributed by atoms with Gasteiger partial charge in [0.2, 0.25) is 10.0 Å². The molecule has 25 heavy (non-hydrogen) atoms. The molecule has 9 heteroatoms. The van der Waals surface area contributed by atoms with E-state index in [4.69, 9.17) is 0 Å². The van der Waals surface area contributed by atoms with Crippen LogP contribution in [0.2, 0.25) is 0 Å². The third-order valence-corrected chi connectivity index (χ3v) is 6.83. The first kappa shape index (κ1) is 18.6. The minimum Gasteiger partial charge on any atom is -0.392 e. The van der Waals surface area contributed by atoms with Gasteiger partial charge in [0.15, 0.2) is 0 Å². The number of β-amino-alcohol motifs (C(OH)–C–C–N with tert-alkyl or cyclic N) is 1. The molecular formula is C16H21F3N2O3S. The first-order valence-electron chi connectivity index (χ1n) is 8.27. The highest BCUT2D eigenvalue weighted by molar-refractivity contribution is 7.89.